The maximum absolute atomic E-state index is 13.7. The molecule has 0 spiro atoms. The van der Waals surface area contributed by atoms with Crippen LogP contribution in [0.1, 0.15) is 61.9 Å². The van der Waals surface area contributed by atoms with Crippen molar-refractivity contribution in [2.24, 2.45) is 0 Å². The highest BCUT2D eigenvalue weighted by atomic mass is 32.2. The van der Waals surface area contributed by atoms with Crippen molar-refractivity contribution < 1.29 is 26.1 Å². The van der Waals surface area contributed by atoms with Crippen LogP contribution in [0.25, 0.3) is 11.1 Å². The van der Waals surface area contributed by atoms with E-state index in [9.17, 15) is 21.6 Å². The molecule has 2 aliphatic heterocycles. The summed E-state index contributed by atoms with van der Waals surface area (Å²) in [6.07, 6.45) is -0.682. The first-order valence-electron chi connectivity index (χ1n) is 10.3. The zero-order chi connectivity index (χ0) is 21.5. The summed E-state index contributed by atoms with van der Waals surface area (Å²) in [6.45, 7) is 3.27. The first kappa shape index (κ1) is 21.5. The minimum absolute atomic E-state index is 0.1000. The molecule has 0 radical (unpaired) electrons. The Morgan fingerprint density at radius 2 is 1.73 bits per heavy atom. The number of nitrogens with zero attached hydrogens (tertiary/aromatic N) is 4. The summed E-state index contributed by atoms with van der Waals surface area (Å²) >= 11 is 0. The number of piperidine rings is 2. The minimum atomic E-state index is -4.55. The van der Waals surface area contributed by atoms with E-state index in [0.29, 0.717) is 38.0 Å². The van der Waals surface area contributed by atoms with Crippen LogP contribution in [0.5, 0.6) is 0 Å². The highest BCUT2D eigenvalue weighted by Crippen LogP contribution is 2.40. The largest absolute Gasteiger partial charge is 0.417 e. The lowest BCUT2D eigenvalue weighted by molar-refractivity contribution is -0.136. The van der Waals surface area contributed by atoms with Gasteiger partial charge in [-0.25, -0.2) is 4.98 Å². The first-order chi connectivity index (χ1) is 14.2. The standard InChI is InChI=1S/C19H25F3N4O3S/c1-2-14-12-15(19(20,21)22)16-17(24-29-18(16)23-14)13-6-10-26(11-7-13)30(27,28)25-8-4-3-5-9-25/h12-13H,2-11H2,1H3. The summed E-state index contributed by atoms with van der Waals surface area (Å²) in [5.74, 6) is -0.311. The molecule has 2 saturated heterocycles. The Balaban J connectivity index is 1.58. The van der Waals surface area contributed by atoms with Gasteiger partial charge >= 0.3 is 6.18 Å². The number of alkyl halides is 3. The van der Waals surface area contributed by atoms with Crippen molar-refractivity contribution >= 4 is 21.3 Å². The molecular formula is C19H25F3N4O3S. The van der Waals surface area contributed by atoms with Crippen LogP contribution in [-0.2, 0) is 22.8 Å². The van der Waals surface area contributed by atoms with Gasteiger partial charge in [-0.1, -0.05) is 18.5 Å². The second-order valence-electron chi connectivity index (χ2n) is 7.90. The fourth-order valence-electron chi connectivity index (χ4n) is 4.33. The maximum Gasteiger partial charge on any atom is 0.417 e. The zero-order valence-electron chi connectivity index (χ0n) is 16.8. The molecule has 0 amide bonds. The van der Waals surface area contributed by atoms with Crippen LogP contribution in [0, 0.1) is 0 Å². The molecule has 30 heavy (non-hydrogen) atoms. The van der Waals surface area contributed by atoms with Gasteiger partial charge in [-0.3, -0.25) is 0 Å². The van der Waals surface area contributed by atoms with E-state index in [2.05, 4.69) is 10.1 Å². The molecule has 0 atom stereocenters. The summed E-state index contributed by atoms with van der Waals surface area (Å²) in [7, 11) is -3.53. The van der Waals surface area contributed by atoms with Gasteiger partial charge in [0.25, 0.3) is 15.9 Å². The van der Waals surface area contributed by atoms with Gasteiger partial charge in [0.15, 0.2) is 0 Å². The van der Waals surface area contributed by atoms with Crippen LogP contribution in [-0.4, -0.2) is 53.3 Å². The van der Waals surface area contributed by atoms with Crippen LogP contribution in [0.2, 0.25) is 0 Å². The second kappa shape index (κ2) is 8.08. The molecule has 166 valence electrons. The molecule has 2 aromatic rings. The molecule has 2 fully saturated rings. The maximum atomic E-state index is 13.7. The fourth-order valence-corrected chi connectivity index (χ4v) is 6.04. The van der Waals surface area contributed by atoms with Gasteiger partial charge in [0.05, 0.1) is 16.6 Å². The third-order valence-electron chi connectivity index (χ3n) is 6.00. The van der Waals surface area contributed by atoms with E-state index in [-0.39, 0.29) is 35.8 Å². The Labute approximate surface area is 173 Å². The molecule has 0 bridgehead atoms. The van der Waals surface area contributed by atoms with E-state index < -0.39 is 21.9 Å². The van der Waals surface area contributed by atoms with Crippen LogP contribution in [0.15, 0.2) is 10.6 Å². The summed E-state index contributed by atoms with van der Waals surface area (Å²) in [5.41, 5.74) is -0.383. The summed E-state index contributed by atoms with van der Waals surface area (Å²) in [6, 6.07) is 1.05. The molecule has 4 rings (SSSR count). The van der Waals surface area contributed by atoms with E-state index in [1.165, 1.54) is 8.61 Å². The van der Waals surface area contributed by atoms with Crippen molar-refractivity contribution in [2.45, 2.75) is 57.5 Å². The number of aromatic nitrogens is 2. The topological polar surface area (TPSA) is 79.5 Å². The molecule has 0 saturated carbocycles. The molecular weight excluding hydrogens is 421 g/mol. The number of aryl methyl sites for hydroxylation is 1. The minimum Gasteiger partial charge on any atom is -0.336 e. The van der Waals surface area contributed by atoms with Gasteiger partial charge in [-0.15, -0.1) is 0 Å². The number of hydrogen-bond acceptors (Lipinski definition) is 5. The van der Waals surface area contributed by atoms with Gasteiger partial charge in [-0.05, 0) is 38.2 Å². The zero-order valence-corrected chi connectivity index (χ0v) is 17.6. The van der Waals surface area contributed by atoms with Gasteiger partial charge < -0.3 is 4.52 Å². The Morgan fingerprint density at radius 3 is 2.33 bits per heavy atom. The quantitative estimate of drug-likeness (QED) is 0.715. The smallest absolute Gasteiger partial charge is 0.336 e. The average molecular weight is 446 g/mol. The van der Waals surface area contributed by atoms with Gasteiger partial charge in [0, 0.05) is 37.8 Å². The van der Waals surface area contributed by atoms with Crippen molar-refractivity contribution in [3.63, 3.8) is 0 Å². The Hall–Kier alpha value is -1.72. The third-order valence-corrected chi connectivity index (χ3v) is 8.04. The molecule has 0 aromatic carbocycles. The van der Waals surface area contributed by atoms with Gasteiger partial charge in [0.1, 0.15) is 0 Å². The molecule has 0 unspecified atom stereocenters. The lowest BCUT2D eigenvalue weighted by atomic mass is 9.91. The fraction of sp³-hybridized carbons (Fsp3) is 0.684. The van der Waals surface area contributed by atoms with E-state index in [4.69, 9.17) is 4.52 Å². The molecule has 7 nitrogen and oxygen atoms in total. The molecule has 0 N–H and O–H groups in total. The van der Waals surface area contributed by atoms with Crippen molar-refractivity contribution in [3.05, 3.63) is 23.0 Å². The lowest BCUT2D eigenvalue weighted by Crippen LogP contribution is -2.48. The van der Waals surface area contributed by atoms with Gasteiger partial charge in [0.2, 0.25) is 0 Å². The number of hydrogen-bond donors (Lipinski definition) is 0. The number of halogens is 3. The SMILES string of the molecule is CCc1cc(C(F)(F)F)c2c(C3CCN(S(=O)(=O)N4CCCCC4)CC3)noc2n1. The molecule has 4 heterocycles. The van der Waals surface area contributed by atoms with E-state index >= 15 is 0 Å². The van der Waals surface area contributed by atoms with Crippen LogP contribution < -0.4 is 0 Å². The van der Waals surface area contributed by atoms with Crippen molar-refractivity contribution in [1.29, 1.82) is 0 Å². The highest BCUT2D eigenvalue weighted by Gasteiger charge is 2.39. The number of rotatable bonds is 4. The molecule has 0 aliphatic carbocycles. The third kappa shape index (κ3) is 3.94. The Bertz CT molecular complexity index is 1010. The van der Waals surface area contributed by atoms with E-state index in [0.717, 1.165) is 25.3 Å². The van der Waals surface area contributed by atoms with Crippen molar-refractivity contribution in [2.75, 3.05) is 26.2 Å². The van der Waals surface area contributed by atoms with E-state index in [1.54, 1.807) is 6.92 Å². The summed E-state index contributed by atoms with van der Waals surface area (Å²) in [4.78, 5) is 4.16. The predicted octanol–water partition coefficient (Wildman–Crippen LogP) is 3.71. The second-order valence-corrected chi connectivity index (χ2v) is 9.83. The molecule has 11 heteroatoms. The number of fused-ring (bicyclic) bond motifs is 1. The van der Waals surface area contributed by atoms with Crippen molar-refractivity contribution in [3.8, 4) is 0 Å². The normalized spacial score (nSPS) is 20.8. The molecule has 2 aromatic heterocycles. The predicted molar refractivity (Wildman–Crippen MR) is 104 cm³/mol. The van der Waals surface area contributed by atoms with Crippen LogP contribution in [0.4, 0.5) is 13.2 Å². The number of pyridine rings is 1. The monoisotopic (exact) mass is 446 g/mol. The summed E-state index contributed by atoms with van der Waals surface area (Å²) < 4.78 is 74.9. The van der Waals surface area contributed by atoms with E-state index in [1.807, 2.05) is 0 Å². The highest BCUT2D eigenvalue weighted by molar-refractivity contribution is 7.86. The Kier molecular flexibility index (Phi) is 5.80. The van der Waals surface area contributed by atoms with Crippen molar-refractivity contribution in [1.82, 2.24) is 18.8 Å². The summed E-state index contributed by atoms with van der Waals surface area (Å²) in [5, 5.41) is 3.83. The van der Waals surface area contributed by atoms with Crippen LogP contribution >= 0.6 is 0 Å². The van der Waals surface area contributed by atoms with Gasteiger partial charge in [-0.2, -0.15) is 30.2 Å². The molecule has 2 aliphatic rings. The lowest BCUT2D eigenvalue weighted by Gasteiger charge is -2.35. The van der Waals surface area contributed by atoms with Crippen LogP contribution in [0.3, 0.4) is 0 Å². The average Bonchev–Trinajstić information content (AvgIpc) is 3.17. The Morgan fingerprint density at radius 1 is 1.10 bits per heavy atom. The first-order valence-corrected chi connectivity index (χ1v) is 11.7.